The van der Waals surface area contributed by atoms with E-state index in [0.717, 1.165) is 12.1 Å². The van der Waals surface area contributed by atoms with Crippen molar-refractivity contribution in [2.75, 3.05) is 18.2 Å². The monoisotopic (exact) mass is 432 g/mol. The van der Waals surface area contributed by atoms with Crippen LogP contribution in [0.25, 0.3) is 17.0 Å². The summed E-state index contributed by atoms with van der Waals surface area (Å²) in [5.41, 5.74) is 6.37. The summed E-state index contributed by atoms with van der Waals surface area (Å²) in [5, 5.41) is 2.65. The summed E-state index contributed by atoms with van der Waals surface area (Å²) in [6.45, 7) is 1.72. The van der Waals surface area contributed by atoms with E-state index in [1.54, 1.807) is 29.7 Å². The van der Waals surface area contributed by atoms with E-state index in [1.165, 1.54) is 19.2 Å². The molecule has 0 saturated carbocycles. The highest BCUT2D eigenvalue weighted by Gasteiger charge is 2.30. The molecule has 0 bridgehead atoms. The Morgan fingerprint density at radius 2 is 1.74 bits per heavy atom. The summed E-state index contributed by atoms with van der Waals surface area (Å²) in [5.74, 6) is -0.499. The molecule has 0 aliphatic heterocycles. The summed E-state index contributed by atoms with van der Waals surface area (Å²) >= 11 is 0. The lowest BCUT2D eigenvalue weighted by Gasteiger charge is -2.13. The number of nitrogen functional groups attached to an aromatic ring is 1. The highest BCUT2D eigenvalue weighted by molar-refractivity contribution is 5.79. The van der Waals surface area contributed by atoms with Crippen molar-refractivity contribution in [1.82, 2.24) is 19.5 Å². The van der Waals surface area contributed by atoms with Crippen molar-refractivity contribution in [3.05, 3.63) is 59.7 Å². The maximum atomic E-state index is 14.6. The van der Waals surface area contributed by atoms with Gasteiger partial charge in [-0.1, -0.05) is 0 Å². The number of anilines is 3. The van der Waals surface area contributed by atoms with Gasteiger partial charge in [0.2, 0.25) is 11.8 Å². The quantitative estimate of drug-likeness (QED) is 0.458. The topological polar surface area (TPSA) is 90.9 Å². The number of fused-ring (bicyclic) bond motifs is 1. The highest BCUT2D eigenvalue weighted by Crippen LogP contribution is 2.31. The second-order valence-electron chi connectivity index (χ2n) is 6.62. The molecule has 0 saturated heterocycles. The van der Waals surface area contributed by atoms with E-state index in [-0.39, 0.29) is 17.5 Å². The summed E-state index contributed by atoms with van der Waals surface area (Å²) in [7, 11) is 1.52. The normalized spacial score (nSPS) is 11.7. The number of benzene rings is 2. The summed E-state index contributed by atoms with van der Waals surface area (Å²) in [6.07, 6.45) is -4.47. The zero-order valence-electron chi connectivity index (χ0n) is 16.3. The number of hydrogen-bond acceptors (Lipinski definition) is 6. The van der Waals surface area contributed by atoms with Crippen LogP contribution in [0.4, 0.5) is 34.9 Å². The van der Waals surface area contributed by atoms with Gasteiger partial charge >= 0.3 is 6.18 Å². The maximum absolute atomic E-state index is 14.6. The summed E-state index contributed by atoms with van der Waals surface area (Å²) in [6, 6.07) is 9.33. The SMILES string of the molecule is COc1ccc2nc(C)n(-c3nc(N)c(F)c(Nc4ccc(C(F)(F)F)cc4)n3)c2c1. The van der Waals surface area contributed by atoms with Crippen LogP contribution in [0.3, 0.4) is 0 Å². The fraction of sp³-hybridized carbons (Fsp3) is 0.150. The molecule has 0 spiro atoms. The van der Waals surface area contributed by atoms with Gasteiger partial charge in [0, 0.05) is 11.8 Å². The number of nitrogens with one attached hydrogen (secondary N) is 1. The van der Waals surface area contributed by atoms with Crippen LogP contribution in [0, 0.1) is 12.7 Å². The lowest BCUT2D eigenvalue weighted by Crippen LogP contribution is -2.11. The van der Waals surface area contributed by atoms with E-state index in [2.05, 4.69) is 20.3 Å². The predicted molar refractivity (Wildman–Crippen MR) is 107 cm³/mol. The lowest BCUT2D eigenvalue weighted by atomic mass is 10.2. The molecule has 4 rings (SSSR count). The van der Waals surface area contributed by atoms with E-state index in [4.69, 9.17) is 10.5 Å². The number of alkyl halides is 3. The van der Waals surface area contributed by atoms with E-state index in [0.29, 0.717) is 22.6 Å². The van der Waals surface area contributed by atoms with Crippen LogP contribution in [0.1, 0.15) is 11.4 Å². The molecule has 2 aromatic carbocycles. The standard InChI is InChI=1S/C20H16F4N6O/c1-10-26-14-8-7-13(31-2)9-15(14)30(10)19-28-17(25)16(21)18(29-19)27-12-5-3-11(4-6-12)20(22,23)24/h3-9H,1-2H3,(H3,25,27,28,29). The van der Waals surface area contributed by atoms with E-state index < -0.39 is 23.4 Å². The number of ether oxygens (including phenoxy) is 1. The van der Waals surface area contributed by atoms with Crippen molar-refractivity contribution in [1.29, 1.82) is 0 Å². The minimum atomic E-state index is -4.47. The molecule has 2 aromatic heterocycles. The first-order valence-corrected chi connectivity index (χ1v) is 8.98. The number of rotatable bonds is 4. The van der Waals surface area contributed by atoms with Gasteiger partial charge in [0.1, 0.15) is 11.6 Å². The van der Waals surface area contributed by atoms with E-state index in [1.807, 2.05) is 0 Å². The van der Waals surface area contributed by atoms with E-state index in [9.17, 15) is 17.6 Å². The molecule has 4 aromatic rings. The van der Waals surface area contributed by atoms with Crippen molar-refractivity contribution in [2.45, 2.75) is 13.1 Å². The zero-order chi connectivity index (χ0) is 22.3. The fourth-order valence-corrected chi connectivity index (χ4v) is 3.07. The Labute approximate surface area is 173 Å². The Morgan fingerprint density at radius 1 is 1.03 bits per heavy atom. The average Bonchev–Trinajstić information content (AvgIpc) is 3.05. The molecule has 0 radical (unpaired) electrons. The number of methoxy groups -OCH3 is 1. The first-order valence-electron chi connectivity index (χ1n) is 8.98. The largest absolute Gasteiger partial charge is 0.497 e. The molecule has 0 atom stereocenters. The van der Waals surface area contributed by atoms with Gasteiger partial charge in [-0.15, -0.1) is 0 Å². The molecule has 0 aliphatic carbocycles. The van der Waals surface area contributed by atoms with Crippen molar-refractivity contribution in [3.63, 3.8) is 0 Å². The third-order valence-electron chi connectivity index (χ3n) is 4.57. The molecule has 3 N–H and O–H groups in total. The number of aryl methyl sites for hydroxylation is 1. The fourth-order valence-electron chi connectivity index (χ4n) is 3.07. The van der Waals surface area contributed by atoms with Crippen LogP contribution in [-0.4, -0.2) is 26.6 Å². The maximum Gasteiger partial charge on any atom is 0.416 e. The molecule has 0 aliphatic rings. The number of halogens is 4. The molecule has 11 heteroatoms. The first-order chi connectivity index (χ1) is 14.7. The predicted octanol–water partition coefficient (Wildman–Crippen LogP) is 4.62. The van der Waals surface area contributed by atoms with Crippen LogP contribution >= 0.6 is 0 Å². The highest BCUT2D eigenvalue weighted by atomic mass is 19.4. The second-order valence-corrected chi connectivity index (χ2v) is 6.62. The number of nitrogens with zero attached hydrogens (tertiary/aromatic N) is 4. The van der Waals surface area contributed by atoms with Gasteiger partial charge in [0.15, 0.2) is 11.6 Å². The Balaban J connectivity index is 1.77. The Kier molecular flexibility index (Phi) is 4.88. The van der Waals surface area contributed by atoms with Crippen molar-refractivity contribution >= 4 is 28.4 Å². The minimum Gasteiger partial charge on any atom is -0.497 e. The smallest absolute Gasteiger partial charge is 0.416 e. The Hall–Kier alpha value is -3.89. The van der Waals surface area contributed by atoms with Crippen LogP contribution in [0.2, 0.25) is 0 Å². The second kappa shape index (κ2) is 7.42. The van der Waals surface area contributed by atoms with Gasteiger partial charge < -0.3 is 15.8 Å². The van der Waals surface area contributed by atoms with Gasteiger partial charge in [-0.05, 0) is 43.3 Å². The third-order valence-corrected chi connectivity index (χ3v) is 4.57. The van der Waals surface area contributed by atoms with E-state index >= 15 is 0 Å². The van der Waals surface area contributed by atoms with Crippen LogP contribution < -0.4 is 15.8 Å². The van der Waals surface area contributed by atoms with Gasteiger partial charge in [-0.2, -0.15) is 27.5 Å². The lowest BCUT2D eigenvalue weighted by molar-refractivity contribution is -0.137. The molecule has 0 fully saturated rings. The zero-order valence-corrected chi connectivity index (χ0v) is 16.3. The average molecular weight is 432 g/mol. The molecule has 7 nitrogen and oxygen atoms in total. The Bertz CT molecular complexity index is 1270. The minimum absolute atomic E-state index is 0.0431. The number of aromatic nitrogens is 4. The van der Waals surface area contributed by atoms with Crippen LogP contribution in [0.5, 0.6) is 5.75 Å². The first kappa shape index (κ1) is 20.4. The van der Waals surface area contributed by atoms with Crippen molar-refractivity contribution < 1.29 is 22.3 Å². The van der Waals surface area contributed by atoms with Crippen molar-refractivity contribution in [2.24, 2.45) is 0 Å². The summed E-state index contributed by atoms with van der Waals surface area (Å²) < 4.78 is 59.7. The van der Waals surface area contributed by atoms with Crippen LogP contribution in [-0.2, 0) is 6.18 Å². The van der Waals surface area contributed by atoms with Gasteiger partial charge in [0.25, 0.3) is 0 Å². The van der Waals surface area contributed by atoms with Crippen LogP contribution in [0.15, 0.2) is 42.5 Å². The number of hydrogen-bond donors (Lipinski definition) is 2. The molecule has 2 heterocycles. The Morgan fingerprint density at radius 3 is 2.39 bits per heavy atom. The number of imidazole rings is 1. The number of nitrogens with two attached hydrogens (primary N) is 1. The molecule has 31 heavy (non-hydrogen) atoms. The third kappa shape index (κ3) is 3.81. The molecular weight excluding hydrogens is 416 g/mol. The van der Waals surface area contributed by atoms with Gasteiger partial charge in [-0.3, -0.25) is 4.57 Å². The van der Waals surface area contributed by atoms with Gasteiger partial charge in [-0.25, -0.2) is 4.98 Å². The molecule has 0 amide bonds. The van der Waals surface area contributed by atoms with Crippen molar-refractivity contribution in [3.8, 4) is 11.7 Å². The summed E-state index contributed by atoms with van der Waals surface area (Å²) in [4.78, 5) is 12.6. The molecule has 160 valence electrons. The molecular formula is C20H16F4N6O. The van der Waals surface area contributed by atoms with Gasteiger partial charge in [0.05, 0.1) is 23.7 Å². The molecule has 0 unspecified atom stereocenters.